The minimum Gasteiger partial charge on any atom is -0.409 e. The summed E-state index contributed by atoms with van der Waals surface area (Å²) in [5.41, 5.74) is 4.56. The SMILES string of the molecule is CCC1CN(C(=O)C(C)(C)C(N)=NO)CCO1. The lowest BCUT2D eigenvalue weighted by Gasteiger charge is -2.36. The summed E-state index contributed by atoms with van der Waals surface area (Å²) < 4.78 is 5.50. The number of carbonyl (C=O) groups is 1. The van der Waals surface area contributed by atoms with E-state index < -0.39 is 5.41 Å². The van der Waals surface area contributed by atoms with Gasteiger partial charge in [-0.15, -0.1) is 0 Å². The molecule has 3 N–H and O–H groups in total. The van der Waals surface area contributed by atoms with Gasteiger partial charge in [0.15, 0.2) is 5.84 Å². The molecule has 0 spiro atoms. The maximum absolute atomic E-state index is 12.3. The summed E-state index contributed by atoms with van der Waals surface area (Å²) in [4.78, 5) is 14.0. The zero-order chi connectivity index (χ0) is 13.1. The van der Waals surface area contributed by atoms with Gasteiger partial charge in [-0.25, -0.2) is 0 Å². The Morgan fingerprint density at radius 3 is 2.82 bits per heavy atom. The second-order valence-corrected chi connectivity index (χ2v) is 4.76. The quantitative estimate of drug-likeness (QED) is 0.325. The van der Waals surface area contributed by atoms with E-state index in [4.69, 9.17) is 15.7 Å². The highest BCUT2D eigenvalue weighted by Crippen LogP contribution is 2.21. The predicted molar refractivity (Wildman–Crippen MR) is 63.8 cm³/mol. The molecule has 1 saturated heterocycles. The first-order valence-electron chi connectivity index (χ1n) is 5.82. The summed E-state index contributed by atoms with van der Waals surface area (Å²) in [6, 6.07) is 0. The van der Waals surface area contributed by atoms with Gasteiger partial charge in [0.25, 0.3) is 0 Å². The molecular formula is C11H21N3O3. The van der Waals surface area contributed by atoms with Crippen molar-refractivity contribution in [3.63, 3.8) is 0 Å². The van der Waals surface area contributed by atoms with E-state index in [1.165, 1.54) is 0 Å². The lowest BCUT2D eigenvalue weighted by atomic mass is 9.90. The molecule has 6 heteroatoms. The second kappa shape index (κ2) is 5.35. The van der Waals surface area contributed by atoms with Gasteiger partial charge in [0.05, 0.1) is 12.7 Å². The molecule has 0 bridgehead atoms. The summed E-state index contributed by atoms with van der Waals surface area (Å²) >= 11 is 0. The maximum atomic E-state index is 12.3. The van der Waals surface area contributed by atoms with Gasteiger partial charge >= 0.3 is 0 Å². The molecule has 6 nitrogen and oxygen atoms in total. The van der Waals surface area contributed by atoms with Crippen molar-refractivity contribution in [2.75, 3.05) is 19.7 Å². The van der Waals surface area contributed by atoms with E-state index in [2.05, 4.69) is 5.16 Å². The second-order valence-electron chi connectivity index (χ2n) is 4.76. The van der Waals surface area contributed by atoms with Gasteiger partial charge in [-0.1, -0.05) is 12.1 Å². The molecule has 1 unspecified atom stereocenters. The number of amidine groups is 1. The lowest BCUT2D eigenvalue weighted by molar-refractivity contribution is -0.144. The standard InChI is InChI=1S/C11H21N3O3/c1-4-8-7-14(5-6-17-8)10(15)11(2,3)9(12)13-16/h8,16H,4-7H2,1-3H3,(H2,12,13). The van der Waals surface area contributed by atoms with Crippen LogP contribution in [0.2, 0.25) is 0 Å². The Bertz CT molecular complexity index is 315. The molecular weight excluding hydrogens is 222 g/mol. The van der Waals surface area contributed by atoms with Crippen LogP contribution in [-0.4, -0.2) is 47.7 Å². The largest absolute Gasteiger partial charge is 0.409 e. The number of rotatable bonds is 3. The summed E-state index contributed by atoms with van der Waals surface area (Å²) in [5.74, 6) is -0.198. The van der Waals surface area contributed by atoms with Crippen LogP contribution in [0.15, 0.2) is 5.16 Å². The fourth-order valence-electron chi connectivity index (χ4n) is 1.78. The molecule has 1 rings (SSSR count). The van der Waals surface area contributed by atoms with E-state index >= 15 is 0 Å². The van der Waals surface area contributed by atoms with Crippen molar-refractivity contribution in [1.82, 2.24) is 4.90 Å². The Labute approximate surface area is 101 Å². The highest BCUT2D eigenvalue weighted by atomic mass is 16.5. The number of hydrogen-bond acceptors (Lipinski definition) is 4. The zero-order valence-electron chi connectivity index (χ0n) is 10.6. The van der Waals surface area contributed by atoms with Gasteiger partial charge in [0.1, 0.15) is 5.41 Å². The first kappa shape index (κ1) is 13.8. The Hall–Kier alpha value is -1.30. The molecule has 1 heterocycles. The number of hydrogen-bond donors (Lipinski definition) is 2. The van der Waals surface area contributed by atoms with Crippen LogP contribution in [0.4, 0.5) is 0 Å². The van der Waals surface area contributed by atoms with Gasteiger partial charge in [-0.2, -0.15) is 0 Å². The summed E-state index contributed by atoms with van der Waals surface area (Å²) in [5, 5.41) is 11.6. The smallest absolute Gasteiger partial charge is 0.236 e. The zero-order valence-corrected chi connectivity index (χ0v) is 10.6. The van der Waals surface area contributed by atoms with Crippen LogP contribution in [0.1, 0.15) is 27.2 Å². The van der Waals surface area contributed by atoms with Gasteiger partial charge in [0.2, 0.25) is 5.91 Å². The van der Waals surface area contributed by atoms with Gasteiger partial charge in [-0.05, 0) is 20.3 Å². The predicted octanol–water partition coefficient (Wildman–Crippen LogP) is 0.396. The summed E-state index contributed by atoms with van der Waals surface area (Å²) in [6.07, 6.45) is 0.948. The van der Waals surface area contributed by atoms with E-state index in [1.54, 1.807) is 18.7 Å². The Morgan fingerprint density at radius 2 is 2.29 bits per heavy atom. The fourth-order valence-corrected chi connectivity index (χ4v) is 1.78. The Morgan fingerprint density at radius 1 is 1.65 bits per heavy atom. The van der Waals surface area contributed by atoms with Crippen LogP contribution in [0.5, 0.6) is 0 Å². The average Bonchev–Trinajstić information content (AvgIpc) is 2.36. The van der Waals surface area contributed by atoms with Crippen molar-refractivity contribution in [3.8, 4) is 0 Å². The normalized spacial score (nSPS) is 22.6. The third-order valence-electron chi connectivity index (χ3n) is 3.16. The molecule has 0 aromatic heterocycles. The molecule has 0 saturated carbocycles. The number of ether oxygens (including phenoxy) is 1. The van der Waals surface area contributed by atoms with Crippen LogP contribution in [0, 0.1) is 5.41 Å². The molecule has 0 radical (unpaired) electrons. The highest BCUT2D eigenvalue weighted by Gasteiger charge is 2.38. The minimum absolute atomic E-state index is 0.0676. The molecule has 0 aliphatic carbocycles. The van der Waals surface area contributed by atoms with Crippen LogP contribution >= 0.6 is 0 Å². The number of nitrogens with zero attached hydrogens (tertiary/aromatic N) is 2. The molecule has 0 aromatic rings. The maximum Gasteiger partial charge on any atom is 0.236 e. The Kier molecular flexibility index (Phi) is 4.34. The number of morpholine rings is 1. The molecule has 0 aromatic carbocycles. The lowest BCUT2D eigenvalue weighted by Crippen LogP contribution is -2.53. The van der Waals surface area contributed by atoms with E-state index in [-0.39, 0.29) is 17.8 Å². The number of oxime groups is 1. The van der Waals surface area contributed by atoms with Crippen molar-refractivity contribution in [1.29, 1.82) is 0 Å². The average molecular weight is 243 g/mol. The first-order chi connectivity index (χ1) is 7.93. The summed E-state index contributed by atoms with van der Waals surface area (Å²) in [6.45, 7) is 6.99. The highest BCUT2D eigenvalue weighted by molar-refractivity contribution is 6.05. The van der Waals surface area contributed by atoms with Crippen molar-refractivity contribution in [2.24, 2.45) is 16.3 Å². The molecule has 17 heavy (non-hydrogen) atoms. The summed E-state index contributed by atoms with van der Waals surface area (Å²) in [7, 11) is 0. The van der Waals surface area contributed by atoms with Crippen LogP contribution in [0.3, 0.4) is 0 Å². The Balaban J connectivity index is 2.75. The molecule has 1 atom stereocenters. The fraction of sp³-hybridized carbons (Fsp3) is 0.818. The third kappa shape index (κ3) is 2.88. The van der Waals surface area contributed by atoms with E-state index in [0.717, 1.165) is 6.42 Å². The van der Waals surface area contributed by atoms with Gasteiger partial charge in [0, 0.05) is 13.1 Å². The van der Waals surface area contributed by atoms with Crippen molar-refractivity contribution in [3.05, 3.63) is 0 Å². The number of nitrogens with two attached hydrogens (primary N) is 1. The minimum atomic E-state index is -0.982. The molecule has 1 amide bonds. The molecule has 1 aliphatic rings. The van der Waals surface area contributed by atoms with Gasteiger partial charge < -0.3 is 20.6 Å². The first-order valence-corrected chi connectivity index (χ1v) is 5.82. The van der Waals surface area contributed by atoms with Gasteiger partial charge in [-0.3, -0.25) is 4.79 Å². The molecule has 1 aliphatic heterocycles. The van der Waals surface area contributed by atoms with Crippen molar-refractivity contribution >= 4 is 11.7 Å². The van der Waals surface area contributed by atoms with Crippen LogP contribution in [-0.2, 0) is 9.53 Å². The van der Waals surface area contributed by atoms with Crippen molar-refractivity contribution in [2.45, 2.75) is 33.3 Å². The number of carbonyl (C=O) groups excluding carboxylic acids is 1. The van der Waals surface area contributed by atoms with E-state index in [1.807, 2.05) is 6.92 Å². The van der Waals surface area contributed by atoms with E-state index in [0.29, 0.717) is 19.7 Å². The molecule has 1 fully saturated rings. The topological polar surface area (TPSA) is 88.2 Å². The molecule has 98 valence electrons. The van der Waals surface area contributed by atoms with Crippen molar-refractivity contribution < 1.29 is 14.7 Å². The van der Waals surface area contributed by atoms with Crippen LogP contribution < -0.4 is 5.73 Å². The monoisotopic (exact) mass is 243 g/mol. The number of amides is 1. The van der Waals surface area contributed by atoms with Crippen LogP contribution in [0.25, 0.3) is 0 Å². The third-order valence-corrected chi connectivity index (χ3v) is 3.16. The van der Waals surface area contributed by atoms with E-state index in [9.17, 15) is 4.79 Å².